The summed E-state index contributed by atoms with van der Waals surface area (Å²) in [6.45, 7) is 6.49. The Balaban J connectivity index is 2.31. The summed E-state index contributed by atoms with van der Waals surface area (Å²) >= 11 is 0. The third-order valence-corrected chi connectivity index (χ3v) is 3.31. The van der Waals surface area contributed by atoms with Crippen molar-refractivity contribution < 1.29 is 4.39 Å². The Morgan fingerprint density at radius 2 is 1.81 bits per heavy atom. The molecule has 1 aromatic rings. The van der Waals surface area contributed by atoms with Gasteiger partial charge in [-0.05, 0) is 48.9 Å². The maximum atomic E-state index is 13.3. The van der Waals surface area contributed by atoms with Crippen LogP contribution in [0.4, 0.5) is 10.1 Å². The van der Waals surface area contributed by atoms with Gasteiger partial charge in [-0.1, -0.05) is 13.8 Å². The summed E-state index contributed by atoms with van der Waals surface area (Å²) in [5, 5.41) is 0. The number of benzene rings is 1. The lowest BCUT2D eigenvalue weighted by atomic mass is 9.99. The molecule has 1 nitrogen and oxygen atoms in total. The van der Waals surface area contributed by atoms with Crippen LogP contribution in [0.5, 0.6) is 0 Å². The summed E-state index contributed by atoms with van der Waals surface area (Å²) in [6, 6.07) is 5.21. The highest BCUT2D eigenvalue weighted by atomic mass is 19.1. The normalized spacial score (nSPS) is 16.9. The molecule has 0 aliphatic carbocycles. The van der Waals surface area contributed by atoms with Crippen molar-refractivity contribution in [1.82, 2.24) is 0 Å². The van der Waals surface area contributed by atoms with Gasteiger partial charge in [0.25, 0.3) is 0 Å². The van der Waals surface area contributed by atoms with Gasteiger partial charge in [0.05, 0.1) is 0 Å². The number of rotatable bonds is 2. The van der Waals surface area contributed by atoms with E-state index < -0.39 is 0 Å². The van der Waals surface area contributed by atoms with Crippen LogP contribution >= 0.6 is 0 Å². The zero-order valence-corrected chi connectivity index (χ0v) is 10.2. The van der Waals surface area contributed by atoms with Crippen molar-refractivity contribution in [2.45, 2.75) is 39.0 Å². The van der Waals surface area contributed by atoms with E-state index in [1.165, 1.54) is 24.9 Å². The Kier molecular flexibility index (Phi) is 3.47. The largest absolute Gasteiger partial charge is 0.371 e. The predicted octanol–water partition coefficient (Wildman–Crippen LogP) is 3.94. The molecule has 1 aliphatic rings. The maximum absolute atomic E-state index is 13.3. The van der Waals surface area contributed by atoms with Crippen molar-refractivity contribution >= 4 is 5.69 Å². The highest BCUT2D eigenvalue weighted by Gasteiger charge is 2.16. The molecule has 88 valence electrons. The van der Waals surface area contributed by atoms with Crippen LogP contribution in [0.15, 0.2) is 18.2 Å². The van der Waals surface area contributed by atoms with Gasteiger partial charge in [0, 0.05) is 18.8 Å². The lowest BCUT2D eigenvalue weighted by molar-refractivity contribution is 0.573. The lowest BCUT2D eigenvalue weighted by Gasteiger charge is -2.31. The fourth-order valence-corrected chi connectivity index (χ4v) is 2.41. The van der Waals surface area contributed by atoms with Crippen LogP contribution in [0.25, 0.3) is 0 Å². The molecule has 0 unspecified atom stereocenters. The smallest absolute Gasteiger partial charge is 0.123 e. The van der Waals surface area contributed by atoms with Gasteiger partial charge in [0.15, 0.2) is 0 Å². The molecule has 0 N–H and O–H groups in total. The summed E-state index contributed by atoms with van der Waals surface area (Å²) in [5.74, 6) is 0.261. The molecule has 1 heterocycles. The van der Waals surface area contributed by atoms with E-state index >= 15 is 0 Å². The molecule has 16 heavy (non-hydrogen) atoms. The first-order valence-electron chi connectivity index (χ1n) is 6.23. The first-order chi connectivity index (χ1) is 7.68. The van der Waals surface area contributed by atoms with Crippen LogP contribution in [-0.4, -0.2) is 13.1 Å². The van der Waals surface area contributed by atoms with Crippen molar-refractivity contribution in [2.24, 2.45) is 0 Å². The molecule has 0 aromatic heterocycles. The zero-order valence-electron chi connectivity index (χ0n) is 10.2. The molecule has 1 aromatic carbocycles. The van der Waals surface area contributed by atoms with Crippen molar-refractivity contribution in [2.75, 3.05) is 18.0 Å². The van der Waals surface area contributed by atoms with Crippen LogP contribution in [0.3, 0.4) is 0 Å². The molecular formula is C14H20FN. The summed E-state index contributed by atoms with van der Waals surface area (Å²) in [5.41, 5.74) is 2.37. The Bertz CT molecular complexity index is 354. The van der Waals surface area contributed by atoms with E-state index in [0.29, 0.717) is 5.92 Å². The van der Waals surface area contributed by atoms with Crippen LogP contribution < -0.4 is 4.90 Å². The monoisotopic (exact) mass is 221 g/mol. The van der Waals surface area contributed by atoms with Crippen molar-refractivity contribution in [3.05, 3.63) is 29.6 Å². The topological polar surface area (TPSA) is 3.24 Å². The quantitative estimate of drug-likeness (QED) is 0.731. The molecule has 1 saturated heterocycles. The highest BCUT2D eigenvalue weighted by molar-refractivity contribution is 5.55. The average Bonchev–Trinajstić information content (AvgIpc) is 2.30. The SMILES string of the molecule is CC(C)c1cc(F)ccc1N1CCCCC1. The fourth-order valence-electron chi connectivity index (χ4n) is 2.41. The average molecular weight is 221 g/mol. The van der Waals surface area contributed by atoms with Gasteiger partial charge >= 0.3 is 0 Å². The lowest BCUT2D eigenvalue weighted by Crippen LogP contribution is -2.30. The number of hydrogen-bond donors (Lipinski definition) is 0. The van der Waals surface area contributed by atoms with Gasteiger partial charge < -0.3 is 4.90 Å². The molecule has 2 heteroatoms. The Labute approximate surface area is 97.3 Å². The standard InChI is InChI=1S/C14H20FN/c1-11(2)13-10-12(15)6-7-14(13)16-8-4-3-5-9-16/h6-7,10-11H,3-5,8-9H2,1-2H3. The number of hydrogen-bond acceptors (Lipinski definition) is 1. The van der Waals surface area contributed by atoms with E-state index in [0.717, 1.165) is 18.7 Å². The van der Waals surface area contributed by atoms with Crippen LogP contribution in [-0.2, 0) is 0 Å². The summed E-state index contributed by atoms with van der Waals surface area (Å²) < 4.78 is 13.3. The first kappa shape index (κ1) is 11.4. The van der Waals surface area contributed by atoms with E-state index in [1.54, 1.807) is 12.1 Å². The number of piperidine rings is 1. The van der Waals surface area contributed by atoms with Gasteiger partial charge in [-0.15, -0.1) is 0 Å². The summed E-state index contributed by atoms with van der Waals surface area (Å²) in [6.07, 6.45) is 3.85. The number of halogens is 1. The molecule has 0 spiro atoms. The molecule has 0 saturated carbocycles. The fraction of sp³-hybridized carbons (Fsp3) is 0.571. The third kappa shape index (κ3) is 2.37. The van der Waals surface area contributed by atoms with E-state index in [9.17, 15) is 4.39 Å². The van der Waals surface area contributed by atoms with E-state index in [1.807, 2.05) is 6.07 Å². The minimum absolute atomic E-state index is 0.121. The molecule has 1 aliphatic heterocycles. The second kappa shape index (κ2) is 4.86. The number of anilines is 1. The van der Waals surface area contributed by atoms with E-state index in [2.05, 4.69) is 18.7 Å². The van der Waals surface area contributed by atoms with Gasteiger partial charge in [-0.25, -0.2) is 4.39 Å². The van der Waals surface area contributed by atoms with E-state index in [4.69, 9.17) is 0 Å². The molecule has 2 rings (SSSR count). The van der Waals surface area contributed by atoms with Crippen LogP contribution in [0.1, 0.15) is 44.6 Å². The summed E-state index contributed by atoms with van der Waals surface area (Å²) in [4.78, 5) is 2.40. The van der Waals surface area contributed by atoms with Crippen LogP contribution in [0.2, 0.25) is 0 Å². The second-order valence-corrected chi connectivity index (χ2v) is 4.91. The Morgan fingerprint density at radius 3 is 2.44 bits per heavy atom. The van der Waals surface area contributed by atoms with Gasteiger partial charge in [0.1, 0.15) is 5.82 Å². The summed E-state index contributed by atoms with van der Waals surface area (Å²) in [7, 11) is 0. The molecular weight excluding hydrogens is 201 g/mol. The van der Waals surface area contributed by atoms with Crippen molar-refractivity contribution in [3.63, 3.8) is 0 Å². The molecule has 0 radical (unpaired) electrons. The van der Waals surface area contributed by atoms with E-state index in [-0.39, 0.29) is 5.82 Å². The van der Waals surface area contributed by atoms with Crippen molar-refractivity contribution in [1.29, 1.82) is 0 Å². The zero-order chi connectivity index (χ0) is 11.5. The van der Waals surface area contributed by atoms with Crippen LogP contribution in [0, 0.1) is 5.82 Å². The second-order valence-electron chi connectivity index (χ2n) is 4.91. The highest BCUT2D eigenvalue weighted by Crippen LogP contribution is 2.30. The number of nitrogens with zero attached hydrogens (tertiary/aromatic N) is 1. The molecule has 0 bridgehead atoms. The maximum Gasteiger partial charge on any atom is 0.123 e. The molecule has 1 fully saturated rings. The third-order valence-electron chi connectivity index (χ3n) is 3.31. The minimum Gasteiger partial charge on any atom is -0.371 e. The first-order valence-corrected chi connectivity index (χ1v) is 6.23. The van der Waals surface area contributed by atoms with Gasteiger partial charge in [-0.3, -0.25) is 0 Å². The Hall–Kier alpha value is -1.05. The van der Waals surface area contributed by atoms with Crippen molar-refractivity contribution in [3.8, 4) is 0 Å². The molecule has 0 atom stereocenters. The Morgan fingerprint density at radius 1 is 1.12 bits per heavy atom. The predicted molar refractivity (Wildman–Crippen MR) is 66.6 cm³/mol. The minimum atomic E-state index is -0.121. The molecule has 0 amide bonds. The van der Waals surface area contributed by atoms with Gasteiger partial charge in [-0.2, -0.15) is 0 Å². The van der Waals surface area contributed by atoms with Gasteiger partial charge in [0.2, 0.25) is 0 Å².